The molecule has 78 heavy (non-hydrogen) atoms. The molecule has 4 atom stereocenters. The zero-order chi connectivity index (χ0) is 56.0. The lowest BCUT2D eigenvalue weighted by Gasteiger charge is -2.36. The van der Waals surface area contributed by atoms with E-state index in [1.54, 1.807) is 38.1 Å². The minimum absolute atomic E-state index is 0.0220. The van der Waals surface area contributed by atoms with Gasteiger partial charge in [-0.3, -0.25) is 19.2 Å². The molecule has 5 aromatic rings. The first kappa shape index (κ1) is 55.1. The molecule has 4 amide bonds. The van der Waals surface area contributed by atoms with Crippen LogP contribution in [0.5, 0.6) is 23.0 Å². The average molecular weight is 1070 g/mol. The summed E-state index contributed by atoms with van der Waals surface area (Å²) in [5.74, 6) is -6.62. The zero-order valence-corrected chi connectivity index (χ0v) is 43.5. The largest absolute Gasteiger partial charge is 0.508 e. The van der Waals surface area contributed by atoms with Crippen LogP contribution in [0.2, 0.25) is 0 Å². The number of fused-ring (bicyclic) bond motifs is 6. The third-order valence-corrected chi connectivity index (χ3v) is 13.4. The number of ether oxygens (including phenoxy) is 3. The van der Waals surface area contributed by atoms with Gasteiger partial charge in [0.2, 0.25) is 23.6 Å². The molecule has 0 bridgehead atoms. The molecule has 1 spiro atoms. The number of nitrogens with one attached hydrogen (secondary N) is 4. The number of hydrogen-bond donors (Lipinski definition) is 6. The van der Waals surface area contributed by atoms with Gasteiger partial charge in [0, 0.05) is 68.1 Å². The molecule has 5 aromatic carbocycles. The number of carbonyl (C=O) groups is 8. The Labute approximate surface area is 448 Å². The highest BCUT2D eigenvalue weighted by Gasteiger charge is 2.54. The van der Waals surface area contributed by atoms with Crippen molar-refractivity contribution >= 4 is 64.6 Å². The van der Waals surface area contributed by atoms with E-state index in [9.17, 15) is 48.6 Å². The van der Waals surface area contributed by atoms with E-state index < -0.39 is 83.2 Å². The molecule has 22 heteroatoms. The van der Waals surface area contributed by atoms with Crippen molar-refractivity contribution in [3.8, 4) is 23.0 Å². The number of benzene rings is 5. The third kappa shape index (κ3) is 11.9. The fourth-order valence-corrected chi connectivity index (χ4v) is 9.21. The van der Waals surface area contributed by atoms with E-state index in [1.807, 2.05) is 43.3 Å². The molecular weight excluding hydrogens is 1010 g/mol. The summed E-state index contributed by atoms with van der Waals surface area (Å²) in [5.41, 5.74) is 4.13. The number of aromatic hydroxyl groups is 2. The molecule has 3 aliphatic heterocycles. The van der Waals surface area contributed by atoms with Gasteiger partial charge in [-0.1, -0.05) is 13.8 Å². The molecule has 1 fully saturated rings. The quantitative estimate of drug-likeness (QED) is 0.0144. The number of hydrogen-bond acceptors (Lipinski definition) is 18. The van der Waals surface area contributed by atoms with Crippen molar-refractivity contribution in [1.82, 2.24) is 26.3 Å². The van der Waals surface area contributed by atoms with Crippen LogP contribution in [-0.4, -0.2) is 114 Å². The number of azo groups is 1. The molecule has 0 saturated carbocycles. The topological polar surface area (TPSA) is 293 Å². The second-order valence-electron chi connectivity index (χ2n) is 19.5. The molecule has 0 unspecified atom stereocenters. The summed E-state index contributed by atoms with van der Waals surface area (Å²) < 4.78 is 17.4. The van der Waals surface area contributed by atoms with Gasteiger partial charge in [-0.2, -0.15) is 15.7 Å². The van der Waals surface area contributed by atoms with E-state index in [0.717, 1.165) is 5.69 Å². The summed E-state index contributed by atoms with van der Waals surface area (Å²) in [5, 5.41) is 36.8. The lowest BCUT2D eigenvalue weighted by atomic mass is 9.77. The van der Waals surface area contributed by atoms with Crippen LogP contribution in [0, 0.1) is 5.92 Å². The Bertz CT molecular complexity index is 3150. The van der Waals surface area contributed by atoms with Gasteiger partial charge in [0.25, 0.3) is 0 Å². The van der Waals surface area contributed by atoms with E-state index >= 15 is 0 Å². The summed E-state index contributed by atoms with van der Waals surface area (Å²) in [6.07, 6.45) is 0.899. The Morgan fingerprint density at radius 3 is 1.97 bits per heavy atom. The average Bonchev–Trinajstić information content (AvgIpc) is 4.23. The maximum atomic E-state index is 13.8. The van der Waals surface area contributed by atoms with E-state index in [0.29, 0.717) is 28.9 Å². The first-order valence-electron chi connectivity index (χ1n) is 25.2. The van der Waals surface area contributed by atoms with Gasteiger partial charge >= 0.3 is 23.9 Å². The third-order valence-electron chi connectivity index (χ3n) is 13.4. The van der Waals surface area contributed by atoms with E-state index in [4.69, 9.17) is 19.0 Å². The van der Waals surface area contributed by atoms with Crippen LogP contribution in [0.1, 0.15) is 101 Å². The Balaban J connectivity index is 0.792. The van der Waals surface area contributed by atoms with Crippen molar-refractivity contribution in [3.63, 3.8) is 0 Å². The lowest BCUT2D eigenvalue weighted by Crippen LogP contribution is -2.57. The number of carbonyl (C=O) groups excluding carboxylic acids is 8. The molecule has 3 heterocycles. The first-order chi connectivity index (χ1) is 37.2. The highest BCUT2D eigenvalue weighted by atomic mass is 16.7. The summed E-state index contributed by atoms with van der Waals surface area (Å²) >= 11 is 0. The van der Waals surface area contributed by atoms with Crippen molar-refractivity contribution in [2.75, 3.05) is 32.1 Å². The van der Waals surface area contributed by atoms with Crippen molar-refractivity contribution in [1.29, 1.82) is 0 Å². The summed E-state index contributed by atoms with van der Waals surface area (Å²) in [6, 6.07) is 21.7. The predicted octanol–water partition coefficient (Wildman–Crippen LogP) is 6.11. The van der Waals surface area contributed by atoms with Gasteiger partial charge in [0.1, 0.15) is 47.2 Å². The van der Waals surface area contributed by atoms with Gasteiger partial charge in [0.15, 0.2) is 5.60 Å². The fourth-order valence-electron chi connectivity index (χ4n) is 9.21. The van der Waals surface area contributed by atoms with Crippen LogP contribution in [0.3, 0.4) is 0 Å². The van der Waals surface area contributed by atoms with Gasteiger partial charge in [-0.15, -0.1) is 0 Å². The van der Waals surface area contributed by atoms with Crippen LogP contribution < -0.4 is 31.1 Å². The number of likely N-dealkylation sites (tertiary alicyclic amines) is 1. The monoisotopic (exact) mass is 1070 g/mol. The number of phenolic OH excluding ortho intramolecular Hbond substituents is 2. The molecule has 6 N–H and O–H groups in total. The molecule has 0 aliphatic carbocycles. The second kappa shape index (κ2) is 23.4. The predicted molar refractivity (Wildman–Crippen MR) is 279 cm³/mol. The molecule has 1 saturated heterocycles. The maximum absolute atomic E-state index is 13.8. The number of nitrogens with zero attached hydrogens (tertiary/aromatic N) is 4. The molecule has 22 nitrogen and oxygen atoms in total. The Morgan fingerprint density at radius 2 is 1.36 bits per heavy atom. The van der Waals surface area contributed by atoms with Gasteiger partial charge in [-0.25, -0.2) is 19.2 Å². The van der Waals surface area contributed by atoms with Crippen molar-refractivity contribution in [3.05, 3.63) is 137 Å². The van der Waals surface area contributed by atoms with Crippen molar-refractivity contribution < 1.29 is 67.6 Å². The molecule has 0 aromatic heterocycles. The maximum Gasteiger partial charge on any atom is 0.356 e. The Hall–Kier alpha value is -9.18. The fraction of sp³-hybridized carbons (Fsp3) is 0.321. The highest BCUT2D eigenvalue weighted by molar-refractivity contribution is 6.03. The van der Waals surface area contributed by atoms with Crippen LogP contribution in [-0.2, 0) is 43.9 Å². The number of anilines is 1. The Kier molecular flexibility index (Phi) is 16.5. The van der Waals surface area contributed by atoms with Crippen LogP contribution in [0.25, 0.3) is 0 Å². The van der Waals surface area contributed by atoms with Gasteiger partial charge in [-0.05, 0) is 130 Å². The molecular formula is C56H58N8O14. The number of phenols is 2. The van der Waals surface area contributed by atoms with Crippen LogP contribution in [0.4, 0.5) is 17.1 Å². The minimum Gasteiger partial charge on any atom is -0.508 e. The summed E-state index contributed by atoms with van der Waals surface area (Å²) in [4.78, 5) is 115. The smallest absolute Gasteiger partial charge is 0.356 e. The standard InChI is InChI=1S/C56H58N8O14/c1-30(2)48(55(74)76-52(71)34-13-22-40-43(27-34)56(77-54(40)73)41-23-20-38(65)28-45(41)75-46-29-39(66)21-24-42(46)56)60-50(69)44-9-8-26-64(44)51(70)32(4)59-49(68)31(3)58-47(67)10-7-25-57-78-53(72)33-11-14-35(15-12-33)61-62-36-16-18-37(19-17-36)63(5)6/h11-24,27-32,44,48,57,65-66H,7-10,25-26H2,1-6H3,(H,58,67)(H,59,68)(H,60,69)/t31-,32-,44-,48-/m0/s1. The molecule has 3 aliphatic rings. The first-order valence-corrected chi connectivity index (χ1v) is 25.2. The minimum atomic E-state index is -1.70. The number of esters is 3. The van der Waals surface area contributed by atoms with Gasteiger partial charge in [0.05, 0.1) is 28.1 Å². The van der Waals surface area contributed by atoms with Gasteiger partial charge < -0.3 is 55.0 Å². The SMILES string of the molecule is CC(C)[C@H](NC(=O)[C@@H]1CCCN1C(=O)[C@H](C)NC(=O)[C@H](C)NC(=O)CCCNOC(=O)c1ccc(N=Nc2ccc(N(C)C)cc2)cc1)C(=O)OC(=O)c1ccc2c(c1)C1(OC2=O)c2ccc(O)cc2Oc2cc(O)ccc21. The number of amides is 4. The molecule has 406 valence electrons. The van der Waals surface area contributed by atoms with E-state index in [1.165, 1.54) is 73.3 Å². The van der Waals surface area contributed by atoms with Crippen LogP contribution >= 0.6 is 0 Å². The zero-order valence-electron chi connectivity index (χ0n) is 43.5. The van der Waals surface area contributed by atoms with Crippen molar-refractivity contribution in [2.24, 2.45) is 16.1 Å². The van der Waals surface area contributed by atoms with Crippen molar-refractivity contribution in [2.45, 2.75) is 83.1 Å². The number of rotatable bonds is 18. The summed E-state index contributed by atoms with van der Waals surface area (Å²) in [7, 11) is 3.89. The molecule has 0 radical (unpaired) electrons. The highest BCUT2D eigenvalue weighted by Crippen LogP contribution is 2.57. The summed E-state index contributed by atoms with van der Waals surface area (Å²) in [6.45, 7) is 6.45. The normalized spacial score (nSPS) is 15.9. The Morgan fingerprint density at radius 1 is 0.744 bits per heavy atom. The van der Waals surface area contributed by atoms with E-state index in [2.05, 4.69) is 31.7 Å². The van der Waals surface area contributed by atoms with Crippen LogP contribution in [0.15, 0.2) is 113 Å². The lowest BCUT2D eigenvalue weighted by molar-refractivity contribution is -0.146. The second-order valence-corrected chi connectivity index (χ2v) is 19.5. The number of hydroxylamine groups is 1. The molecule has 8 rings (SSSR count). The van der Waals surface area contributed by atoms with E-state index in [-0.39, 0.29) is 77.6 Å².